The van der Waals surface area contributed by atoms with Crippen LogP contribution in [0, 0.1) is 5.41 Å². The molecule has 98 valence electrons. The number of hydrogen-bond acceptors (Lipinski definition) is 4. The first-order valence-electron chi connectivity index (χ1n) is 6.97. The van der Waals surface area contributed by atoms with E-state index in [0.29, 0.717) is 5.41 Å². The Kier molecular flexibility index (Phi) is 3.37. The van der Waals surface area contributed by atoms with E-state index in [1.54, 1.807) is 6.20 Å². The van der Waals surface area contributed by atoms with Gasteiger partial charge in [0, 0.05) is 13.1 Å². The average molecular weight is 264 g/mol. The normalized spacial score (nSPS) is 23.2. The first-order valence-corrected chi connectivity index (χ1v) is 7.79. The fourth-order valence-corrected chi connectivity index (χ4v) is 4.23. The van der Waals surface area contributed by atoms with Gasteiger partial charge in [-0.25, -0.2) is 4.98 Å². The second-order valence-corrected chi connectivity index (χ2v) is 6.75. The van der Waals surface area contributed by atoms with E-state index in [0.717, 1.165) is 29.4 Å². The van der Waals surface area contributed by atoms with Gasteiger partial charge in [0.05, 0.1) is 11.1 Å². The Bertz CT molecular complexity index is 413. The molecule has 0 aromatic carbocycles. The van der Waals surface area contributed by atoms with Gasteiger partial charge in [0.15, 0.2) is 11.4 Å². The van der Waals surface area contributed by atoms with Crippen LogP contribution in [-0.2, 0) is 0 Å². The van der Waals surface area contributed by atoms with Crippen molar-refractivity contribution in [2.24, 2.45) is 5.41 Å². The van der Waals surface area contributed by atoms with Crippen molar-refractivity contribution < 1.29 is 4.79 Å². The van der Waals surface area contributed by atoms with Crippen molar-refractivity contribution in [2.45, 2.75) is 44.9 Å². The van der Waals surface area contributed by atoms with Crippen LogP contribution in [0.5, 0.6) is 0 Å². The molecule has 0 N–H and O–H groups in total. The van der Waals surface area contributed by atoms with Crippen molar-refractivity contribution in [2.75, 3.05) is 18.0 Å². The third kappa shape index (κ3) is 2.30. The Morgan fingerprint density at radius 3 is 2.50 bits per heavy atom. The third-order valence-electron chi connectivity index (χ3n) is 4.64. The summed E-state index contributed by atoms with van der Waals surface area (Å²) in [5.41, 5.74) is 0.638. The van der Waals surface area contributed by atoms with Gasteiger partial charge in [-0.15, -0.1) is 0 Å². The van der Waals surface area contributed by atoms with E-state index in [1.165, 1.54) is 56.3 Å². The van der Waals surface area contributed by atoms with E-state index < -0.39 is 0 Å². The van der Waals surface area contributed by atoms with Crippen LogP contribution in [0.1, 0.15) is 54.6 Å². The highest BCUT2D eigenvalue weighted by Crippen LogP contribution is 2.45. The molecule has 1 aromatic rings. The smallest absolute Gasteiger partial charge is 0.185 e. The summed E-state index contributed by atoms with van der Waals surface area (Å²) >= 11 is 1.52. The van der Waals surface area contributed by atoms with Crippen LogP contribution in [0.2, 0.25) is 0 Å². The van der Waals surface area contributed by atoms with E-state index in [-0.39, 0.29) is 0 Å². The molecule has 1 saturated carbocycles. The quantitative estimate of drug-likeness (QED) is 0.766. The number of anilines is 1. The maximum absolute atomic E-state index is 10.7. The van der Waals surface area contributed by atoms with Crippen molar-refractivity contribution in [3.8, 4) is 0 Å². The van der Waals surface area contributed by atoms with Gasteiger partial charge in [-0.05, 0) is 31.1 Å². The fraction of sp³-hybridized carbons (Fsp3) is 0.714. The van der Waals surface area contributed by atoms with Crippen LogP contribution in [0.15, 0.2) is 6.20 Å². The summed E-state index contributed by atoms with van der Waals surface area (Å²) in [4.78, 5) is 18.2. The lowest BCUT2D eigenvalue weighted by molar-refractivity contribution is 0.112. The zero-order valence-electron chi connectivity index (χ0n) is 10.7. The minimum Gasteiger partial charge on any atom is -0.348 e. The summed E-state index contributed by atoms with van der Waals surface area (Å²) in [6.45, 7) is 2.23. The Hall–Kier alpha value is -0.900. The number of aromatic nitrogens is 1. The van der Waals surface area contributed by atoms with Crippen molar-refractivity contribution in [3.05, 3.63) is 11.1 Å². The van der Waals surface area contributed by atoms with Gasteiger partial charge in [0.2, 0.25) is 0 Å². The summed E-state index contributed by atoms with van der Waals surface area (Å²) in [7, 11) is 0. The Labute approximate surface area is 112 Å². The molecule has 3 rings (SSSR count). The molecule has 0 bridgehead atoms. The molecular weight excluding hydrogens is 244 g/mol. The topological polar surface area (TPSA) is 33.2 Å². The molecule has 4 heteroatoms. The van der Waals surface area contributed by atoms with Crippen molar-refractivity contribution in [3.63, 3.8) is 0 Å². The Morgan fingerprint density at radius 2 is 1.89 bits per heavy atom. The number of aldehydes is 1. The Balaban J connectivity index is 1.64. The highest BCUT2D eigenvalue weighted by atomic mass is 32.1. The van der Waals surface area contributed by atoms with E-state index in [4.69, 9.17) is 0 Å². The summed E-state index contributed by atoms with van der Waals surface area (Å²) in [6.07, 6.45) is 12.3. The molecule has 0 radical (unpaired) electrons. The van der Waals surface area contributed by atoms with Crippen LogP contribution >= 0.6 is 11.3 Å². The van der Waals surface area contributed by atoms with Crippen LogP contribution < -0.4 is 4.90 Å². The number of hydrogen-bond donors (Lipinski definition) is 0. The number of piperidine rings is 1. The van der Waals surface area contributed by atoms with Gasteiger partial charge in [-0.3, -0.25) is 4.79 Å². The second kappa shape index (κ2) is 5.00. The standard InChI is InChI=1S/C14H20N2OS/c17-11-12-10-15-13(18-12)16-8-6-14(7-9-16)4-2-1-3-5-14/h10-11H,1-9H2. The van der Waals surface area contributed by atoms with Crippen molar-refractivity contribution in [1.29, 1.82) is 0 Å². The molecule has 1 aliphatic heterocycles. The number of thiazole rings is 1. The summed E-state index contributed by atoms with van der Waals surface area (Å²) in [6, 6.07) is 0. The number of carbonyl (C=O) groups is 1. The second-order valence-electron chi connectivity index (χ2n) is 5.71. The van der Waals surface area contributed by atoms with Gasteiger partial charge in [-0.1, -0.05) is 30.6 Å². The highest BCUT2D eigenvalue weighted by Gasteiger charge is 2.35. The number of nitrogens with zero attached hydrogens (tertiary/aromatic N) is 2. The van der Waals surface area contributed by atoms with Crippen molar-refractivity contribution in [1.82, 2.24) is 4.98 Å². The predicted molar refractivity (Wildman–Crippen MR) is 74.5 cm³/mol. The first-order chi connectivity index (χ1) is 8.81. The highest BCUT2D eigenvalue weighted by molar-refractivity contribution is 7.17. The van der Waals surface area contributed by atoms with Gasteiger partial charge in [0.25, 0.3) is 0 Å². The molecule has 3 nitrogen and oxygen atoms in total. The Morgan fingerprint density at radius 1 is 1.17 bits per heavy atom. The molecule has 0 unspecified atom stereocenters. The molecule has 0 atom stereocenters. The number of rotatable bonds is 2. The zero-order valence-corrected chi connectivity index (χ0v) is 11.5. The van der Waals surface area contributed by atoms with E-state index in [1.807, 2.05) is 0 Å². The lowest BCUT2D eigenvalue weighted by Gasteiger charge is -2.44. The van der Waals surface area contributed by atoms with Crippen LogP contribution in [0.3, 0.4) is 0 Å². The van der Waals surface area contributed by atoms with Gasteiger partial charge >= 0.3 is 0 Å². The monoisotopic (exact) mass is 264 g/mol. The lowest BCUT2D eigenvalue weighted by atomic mass is 9.68. The summed E-state index contributed by atoms with van der Waals surface area (Å²) < 4.78 is 0. The largest absolute Gasteiger partial charge is 0.348 e. The summed E-state index contributed by atoms with van der Waals surface area (Å²) in [5, 5.41) is 1.03. The van der Waals surface area contributed by atoms with E-state index in [9.17, 15) is 4.79 Å². The average Bonchev–Trinajstić information content (AvgIpc) is 2.89. The maximum Gasteiger partial charge on any atom is 0.185 e. The van der Waals surface area contributed by atoms with Crippen LogP contribution in [0.25, 0.3) is 0 Å². The molecule has 1 aromatic heterocycles. The molecule has 2 aliphatic rings. The van der Waals surface area contributed by atoms with Gasteiger partial charge in [-0.2, -0.15) is 0 Å². The molecular formula is C14H20N2OS. The number of carbonyl (C=O) groups excluding carboxylic acids is 1. The van der Waals surface area contributed by atoms with E-state index in [2.05, 4.69) is 9.88 Å². The fourth-order valence-electron chi connectivity index (χ4n) is 3.45. The van der Waals surface area contributed by atoms with Crippen molar-refractivity contribution >= 4 is 22.8 Å². The minimum atomic E-state index is 0.638. The SMILES string of the molecule is O=Cc1cnc(N2CCC3(CCCCC3)CC2)s1. The maximum atomic E-state index is 10.7. The summed E-state index contributed by atoms with van der Waals surface area (Å²) in [5.74, 6) is 0. The van der Waals surface area contributed by atoms with Crippen LogP contribution in [-0.4, -0.2) is 24.4 Å². The first kappa shape index (κ1) is 12.2. The molecule has 1 aliphatic carbocycles. The van der Waals surface area contributed by atoms with Gasteiger partial charge in [0.1, 0.15) is 0 Å². The zero-order chi connectivity index (χ0) is 12.4. The molecule has 2 heterocycles. The molecule has 2 fully saturated rings. The lowest BCUT2D eigenvalue weighted by Crippen LogP contribution is -2.41. The van der Waals surface area contributed by atoms with E-state index >= 15 is 0 Å². The predicted octanol–water partition coefficient (Wildman–Crippen LogP) is 3.51. The minimum absolute atomic E-state index is 0.638. The molecule has 18 heavy (non-hydrogen) atoms. The van der Waals surface area contributed by atoms with Gasteiger partial charge < -0.3 is 4.90 Å². The molecule has 0 amide bonds. The molecule has 1 saturated heterocycles. The third-order valence-corrected chi connectivity index (χ3v) is 5.62. The molecule has 1 spiro atoms. The van der Waals surface area contributed by atoms with Crippen LogP contribution in [0.4, 0.5) is 5.13 Å².